The van der Waals surface area contributed by atoms with E-state index in [0.29, 0.717) is 6.61 Å². The molecular formula is C11H19BrN2O. The Morgan fingerprint density at radius 2 is 1.93 bits per heavy atom. The van der Waals surface area contributed by atoms with Crippen LogP contribution in [0.4, 0.5) is 0 Å². The number of halogens is 1. The van der Waals surface area contributed by atoms with Gasteiger partial charge in [0.15, 0.2) is 0 Å². The number of ether oxygens (including phenoxy) is 1. The van der Waals surface area contributed by atoms with Gasteiger partial charge in [-0.3, -0.25) is 4.68 Å². The summed E-state index contributed by atoms with van der Waals surface area (Å²) in [4.78, 5) is 0. The van der Waals surface area contributed by atoms with E-state index in [1.54, 1.807) is 0 Å². The number of aromatic nitrogens is 2. The van der Waals surface area contributed by atoms with Gasteiger partial charge in [0.05, 0.1) is 28.9 Å². The van der Waals surface area contributed by atoms with Crippen LogP contribution in [0, 0.1) is 13.8 Å². The second-order valence-corrected chi connectivity index (χ2v) is 5.46. The monoisotopic (exact) mass is 274 g/mol. The third-order valence-corrected chi connectivity index (χ3v) is 3.28. The molecule has 0 aliphatic heterocycles. The van der Waals surface area contributed by atoms with Gasteiger partial charge in [0.2, 0.25) is 0 Å². The van der Waals surface area contributed by atoms with E-state index in [1.807, 2.05) is 11.6 Å². The molecule has 0 aromatic carbocycles. The molecule has 0 amide bonds. The Labute approximate surface area is 99.9 Å². The molecule has 3 nitrogen and oxygen atoms in total. The van der Waals surface area contributed by atoms with Gasteiger partial charge in [-0.2, -0.15) is 5.10 Å². The van der Waals surface area contributed by atoms with Crippen LogP contribution in [0.1, 0.15) is 32.2 Å². The highest BCUT2D eigenvalue weighted by Crippen LogP contribution is 2.19. The summed E-state index contributed by atoms with van der Waals surface area (Å²) in [6.07, 6.45) is 0. The lowest BCUT2D eigenvalue weighted by Crippen LogP contribution is -2.22. The van der Waals surface area contributed by atoms with Gasteiger partial charge in [-0.25, -0.2) is 0 Å². The van der Waals surface area contributed by atoms with Gasteiger partial charge in [0.1, 0.15) is 0 Å². The molecule has 1 aromatic rings. The summed E-state index contributed by atoms with van der Waals surface area (Å²) in [6, 6.07) is 0. The topological polar surface area (TPSA) is 27.1 Å². The van der Waals surface area contributed by atoms with Gasteiger partial charge in [-0.05, 0) is 50.5 Å². The molecule has 0 radical (unpaired) electrons. The summed E-state index contributed by atoms with van der Waals surface area (Å²) < 4.78 is 8.73. The first kappa shape index (κ1) is 12.7. The quantitative estimate of drug-likeness (QED) is 0.847. The van der Waals surface area contributed by atoms with Crippen molar-refractivity contribution in [3.8, 4) is 0 Å². The lowest BCUT2D eigenvalue weighted by atomic mass is 10.2. The van der Waals surface area contributed by atoms with Crippen LogP contribution in [-0.2, 0) is 11.3 Å². The molecule has 0 N–H and O–H groups in total. The van der Waals surface area contributed by atoms with Crippen molar-refractivity contribution in [1.82, 2.24) is 9.78 Å². The van der Waals surface area contributed by atoms with Crippen molar-refractivity contribution in [2.45, 2.75) is 46.8 Å². The zero-order valence-corrected chi connectivity index (χ0v) is 11.7. The van der Waals surface area contributed by atoms with Crippen LogP contribution in [0.5, 0.6) is 0 Å². The minimum absolute atomic E-state index is 0.0761. The fourth-order valence-electron chi connectivity index (χ4n) is 1.33. The van der Waals surface area contributed by atoms with E-state index in [2.05, 4.69) is 48.7 Å². The number of nitrogens with zero attached hydrogens (tertiary/aromatic N) is 2. The zero-order chi connectivity index (χ0) is 11.6. The highest BCUT2D eigenvalue weighted by atomic mass is 79.9. The van der Waals surface area contributed by atoms with Gasteiger partial charge in [-0.15, -0.1) is 0 Å². The van der Waals surface area contributed by atoms with Crippen molar-refractivity contribution in [3.05, 3.63) is 15.9 Å². The fourth-order valence-corrected chi connectivity index (χ4v) is 1.62. The van der Waals surface area contributed by atoms with Crippen LogP contribution < -0.4 is 0 Å². The summed E-state index contributed by atoms with van der Waals surface area (Å²) >= 11 is 3.51. The Hall–Kier alpha value is -0.350. The molecule has 0 atom stereocenters. The Balaban J connectivity index is 2.55. The smallest absolute Gasteiger partial charge is 0.0738 e. The largest absolute Gasteiger partial charge is 0.374 e. The van der Waals surface area contributed by atoms with Crippen LogP contribution in [0.25, 0.3) is 0 Å². The maximum absolute atomic E-state index is 5.66. The van der Waals surface area contributed by atoms with E-state index >= 15 is 0 Å². The van der Waals surface area contributed by atoms with Gasteiger partial charge in [-0.1, -0.05) is 0 Å². The molecule has 0 fully saturated rings. The molecular weight excluding hydrogens is 256 g/mol. The number of hydrogen-bond acceptors (Lipinski definition) is 2. The van der Waals surface area contributed by atoms with Crippen LogP contribution in [-0.4, -0.2) is 22.0 Å². The molecule has 1 aromatic heterocycles. The molecule has 0 aliphatic carbocycles. The number of hydrogen-bond donors (Lipinski definition) is 0. The Kier molecular flexibility index (Phi) is 3.95. The zero-order valence-electron chi connectivity index (χ0n) is 10.1. The van der Waals surface area contributed by atoms with Crippen LogP contribution in [0.3, 0.4) is 0 Å². The maximum Gasteiger partial charge on any atom is 0.0738 e. The fraction of sp³-hybridized carbons (Fsp3) is 0.727. The van der Waals surface area contributed by atoms with Gasteiger partial charge in [0, 0.05) is 5.69 Å². The summed E-state index contributed by atoms with van der Waals surface area (Å²) in [6.45, 7) is 11.7. The molecule has 15 heavy (non-hydrogen) atoms. The normalized spacial score (nSPS) is 12.1. The third kappa shape index (κ3) is 3.61. The van der Waals surface area contributed by atoms with E-state index in [4.69, 9.17) is 4.74 Å². The predicted octanol–water partition coefficient (Wildman–Crippen LogP) is 3.08. The third-order valence-electron chi connectivity index (χ3n) is 2.13. The summed E-state index contributed by atoms with van der Waals surface area (Å²) in [5, 5.41) is 4.42. The Morgan fingerprint density at radius 1 is 1.33 bits per heavy atom. The van der Waals surface area contributed by atoms with Crippen molar-refractivity contribution in [2.24, 2.45) is 0 Å². The Bertz CT molecular complexity index is 339. The minimum Gasteiger partial charge on any atom is -0.374 e. The molecule has 0 spiro atoms. The van der Waals surface area contributed by atoms with Gasteiger partial charge < -0.3 is 4.74 Å². The lowest BCUT2D eigenvalue weighted by molar-refractivity contribution is -0.00810. The van der Waals surface area contributed by atoms with E-state index in [-0.39, 0.29) is 5.60 Å². The van der Waals surface area contributed by atoms with Gasteiger partial charge >= 0.3 is 0 Å². The molecule has 1 rings (SSSR count). The second-order valence-electron chi connectivity index (χ2n) is 4.67. The highest BCUT2D eigenvalue weighted by Gasteiger charge is 2.11. The molecule has 0 saturated heterocycles. The first-order chi connectivity index (χ1) is 6.81. The standard InChI is InChI=1S/C11H19BrN2O/c1-8-10(12)9(2)14(13-8)6-7-15-11(3,4)5/h6-7H2,1-5H3. The lowest BCUT2D eigenvalue weighted by Gasteiger charge is -2.19. The molecule has 1 heterocycles. The molecule has 4 heteroatoms. The van der Waals surface area contributed by atoms with Crippen molar-refractivity contribution >= 4 is 15.9 Å². The van der Waals surface area contributed by atoms with Crippen LogP contribution >= 0.6 is 15.9 Å². The molecule has 86 valence electrons. The Morgan fingerprint density at radius 3 is 2.33 bits per heavy atom. The first-order valence-electron chi connectivity index (χ1n) is 5.15. The molecule has 0 aliphatic rings. The minimum atomic E-state index is -0.0761. The summed E-state index contributed by atoms with van der Waals surface area (Å²) in [7, 11) is 0. The predicted molar refractivity (Wildman–Crippen MR) is 65.1 cm³/mol. The molecule has 0 bridgehead atoms. The van der Waals surface area contributed by atoms with E-state index in [9.17, 15) is 0 Å². The summed E-state index contributed by atoms with van der Waals surface area (Å²) in [5.74, 6) is 0. The van der Waals surface area contributed by atoms with Crippen molar-refractivity contribution < 1.29 is 4.74 Å². The maximum atomic E-state index is 5.66. The molecule has 0 saturated carbocycles. The summed E-state index contributed by atoms with van der Waals surface area (Å²) in [5.41, 5.74) is 2.11. The number of aryl methyl sites for hydroxylation is 1. The van der Waals surface area contributed by atoms with E-state index in [0.717, 1.165) is 22.4 Å². The highest BCUT2D eigenvalue weighted by molar-refractivity contribution is 9.10. The molecule has 0 unspecified atom stereocenters. The van der Waals surface area contributed by atoms with Crippen molar-refractivity contribution in [2.75, 3.05) is 6.61 Å². The van der Waals surface area contributed by atoms with E-state index in [1.165, 1.54) is 0 Å². The van der Waals surface area contributed by atoms with Crippen LogP contribution in [0.15, 0.2) is 4.47 Å². The van der Waals surface area contributed by atoms with E-state index < -0.39 is 0 Å². The van der Waals surface area contributed by atoms with Crippen LogP contribution in [0.2, 0.25) is 0 Å². The van der Waals surface area contributed by atoms with Crippen molar-refractivity contribution in [1.29, 1.82) is 0 Å². The van der Waals surface area contributed by atoms with Crippen molar-refractivity contribution in [3.63, 3.8) is 0 Å². The second kappa shape index (κ2) is 4.66. The average Bonchev–Trinajstić information content (AvgIpc) is 2.32. The average molecular weight is 275 g/mol. The number of rotatable bonds is 3. The van der Waals surface area contributed by atoms with Gasteiger partial charge in [0.25, 0.3) is 0 Å². The first-order valence-corrected chi connectivity index (χ1v) is 5.94. The SMILES string of the molecule is Cc1nn(CCOC(C)(C)C)c(C)c1Br.